The van der Waals surface area contributed by atoms with Gasteiger partial charge in [0.25, 0.3) is 0 Å². The predicted octanol–water partition coefficient (Wildman–Crippen LogP) is 1.75. The molecule has 0 saturated carbocycles. The van der Waals surface area contributed by atoms with E-state index >= 15 is 0 Å². The van der Waals surface area contributed by atoms with E-state index < -0.39 is 0 Å². The summed E-state index contributed by atoms with van der Waals surface area (Å²) < 4.78 is 0. The van der Waals surface area contributed by atoms with Crippen LogP contribution < -0.4 is 5.56 Å². The Morgan fingerprint density at radius 2 is 1.79 bits per heavy atom. The van der Waals surface area contributed by atoms with Gasteiger partial charge in [-0.2, -0.15) is 0 Å². The summed E-state index contributed by atoms with van der Waals surface area (Å²) in [5.41, 5.74) is 1.08. The molecule has 14 heavy (non-hydrogen) atoms. The van der Waals surface area contributed by atoms with Crippen molar-refractivity contribution in [2.75, 3.05) is 0 Å². The zero-order chi connectivity index (χ0) is 9.97. The molecule has 2 N–H and O–H groups in total. The Balaban J connectivity index is 2.61. The largest absolute Gasteiger partial charge is 0.507 e. The van der Waals surface area contributed by atoms with Crippen LogP contribution in [0.3, 0.4) is 0 Å². The summed E-state index contributed by atoms with van der Waals surface area (Å²) in [6.07, 6.45) is 0. The van der Waals surface area contributed by atoms with E-state index in [2.05, 4.69) is 4.98 Å². The van der Waals surface area contributed by atoms with Crippen LogP contribution in [0.15, 0.2) is 47.3 Å². The number of nitrogens with one attached hydrogen (secondary N) is 1. The van der Waals surface area contributed by atoms with Gasteiger partial charge in [-0.25, -0.2) is 0 Å². The van der Waals surface area contributed by atoms with Crippen LogP contribution in [-0.2, 0) is 0 Å². The zero-order valence-corrected chi connectivity index (χ0v) is 7.40. The highest BCUT2D eigenvalue weighted by molar-refractivity contribution is 5.66. The Labute approximate surface area is 80.7 Å². The molecule has 0 amide bonds. The number of aromatic amines is 1. The number of phenolic OH excluding ortho intramolecular Hbond substituents is 1. The lowest BCUT2D eigenvalue weighted by Gasteiger charge is -2.02. The molecule has 0 radical (unpaired) electrons. The molecule has 2 rings (SSSR count). The van der Waals surface area contributed by atoms with E-state index in [9.17, 15) is 9.90 Å². The number of aromatic nitrogens is 1. The molecular weight excluding hydrogens is 178 g/mol. The second kappa shape index (κ2) is 3.38. The number of pyridine rings is 1. The summed E-state index contributed by atoms with van der Waals surface area (Å²) in [5.74, 6) is 0.161. The zero-order valence-electron chi connectivity index (χ0n) is 7.40. The lowest BCUT2D eigenvalue weighted by molar-refractivity contribution is 0.477. The van der Waals surface area contributed by atoms with E-state index in [0.717, 1.165) is 0 Å². The molecule has 1 aromatic carbocycles. The van der Waals surface area contributed by atoms with Crippen molar-refractivity contribution in [2.24, 2.45) is 0 Å². The van der Waals surface area contributed by atoms with Gasteiger partial charge in [0.1, 0.15) is 5.75 Å². The molecule has 3 nitrogen and oxygen atoms in total. The number of hydrogen-bond donors (Lipinski definition) is 2. The van der Waals surface area contributed by atoms with Crippen molar-refractivity contribution in [3.05, 3.63) is 52.8 Å². The first-order valence-corrected chi connectivity index (χ1v) is 4.25. The first kappa shape index (κ1) is 8.56. The maximum atomic E-state index is 11.0. The third kappa shape index (κ3) is 1.52. The van der Waals surface area contributed by atoms with Gasteiger partial charge in [-0.3, -0.25) is 4.79 Å². The van der Waals surface area contributed by atoms with Crippen molar-refractivity contribution in [1.29, 1.82) is 0 Å². The number of para-hydroxylation sites is 1. The molecule has 0 aliphatic rings. The van der Waals surface area contributed by atoms with Crippen LogP contribution in [0.4, 0.5) is 0 Å². The monoisotopic (exact) mass is 187 g/mol. The van der Waals surface area contributed by atoms with Gasteiger partial charge in [0.15, 0.2) is 0 Å². The van der Waals surface area contributed by atoms with E-state index in [4.69, 9.17) is 0 Å². The van der Waals surface area contributed by atoms with Crippen molar-refractivity contribution in [3.8, 4) is 17.0 Å². The van der Waals surface area contributed by atoms with Crippen LogP contribution in [-0.4, -0.2) is 10.1 Å². The average Bonchev–Trinajstić information content (AvgIpc) is 2.18. The highest BCUT2D eigenvalue weighted by atomic mass is 16.3. The third-order valence-corrected chi connectivity index (χ3v) is 1.96. The number of aromatic hydroxyl groups is 1. The summed E-state index contributed by atoms with van der Waals surface area (Å²) in [6, 6.07) is 11.7. The average molecular weight is 187 g/mol. The molecule has 0 bridgehead atoms. The molecular formula is C11H9NO2. The smallest absolute Gasteiger partial charge is 0.248 e. The summed E-state index contributed by atoms with van der Waals surface area (Å²) in [7, 11) is 0. The topological polar surface area (TPSA) is 53.1 Å². The maximum absolute atomic E-state index is 11.0. The molecule has 0 saturated heterocycles. The van der Waals surface area contributed by atoms with Gasteiger partial charge in [0, 0.05) is 11.6 Å². The minimum atomic E-state index is -0.175. The van der Waals surface area contributed by atoms with Crippen molar-refractivity contribution in [2.45, 2.75) is 0 Å². The molecule has 1 aromatic heterocycles. The fourth-order valence-corrected chi connectivity index (χ4v) is 1.31. The Hall–Kier alpha value is -2.03. The quantitative estimate of drug-likeness (QED) is 0.714. The highest BCUT2D eigenvalue weighted by Crippen LogP contribution is 2.25. The second-order valence-corrected chi connectivity index (χ2v) is 2.95. The molecule has 0 atom stereocenters. The Morgan fingerprint density at radius 1 is 1.00 bits per heavy atom. The minimum Gasteiger partial charge on any atom is -0.507 e. The molecule has 3 heteroatoms. The first-order chi connectivity index (χ1) is 6.77. The van der Waals surface area contributed by atoms with Gasteiger partial charge in [-0.05, 0) is 18.2 Å². The van der Waals surface area contributed by atoms with Crippen molar-refractivity contribution >= 4 is 0 Å². The van der Waals surface area contributed by atoms with E-state index in [0.29, 0.717) is 11.3 Å². The number of hydrogen-bond acceptors (Lipinski definition) is 2. The van der Waals surface area contributed by atoms with Crippen molar-refractivity contribution in [1.82, 2.24) is 4.98 Å². The highest BCUT2D eigenvalue weighted by Gasteiger charge is 2.02. The molecule has 0 fully saturated rings. The molecule has 1 heterocycles. The van der Waals surface area contributed by atoms with Gasteiger partial charge >= 0.3 is 0 Å². The Kier molecular flexibility index (Phi) is 2.07. The van der Waals surface area contributed by atoms with Gasteiger partial charge in [0.05, 0.1) is 5.69 Å². The van der Waals surface area contributed by atoms with Gasteiger partial charge < -0.3 is 10.1 Å². The van der Waals surface area contributed by atoms with Crippen LogP contribution in [0.1, 0.15) is 0 Å². The number of phenols is 1. The molecule has 0 unspecified atom stereocenters. The van der Waals surface area contributed by atoms with Gasteiger partial charge in [-0.15, -0.1) is 0 Å². The van der Waals surface area contributed by atoms with Crippen molar-refractivity contribution in [3.63, 3.8) is 0 Å². The molecule has 0 aliphatic heterocycles. The van der Waals surface area contributed by atoms with Crippen molar-refractivity contribution < 1.29 is 5.11 Å². The predicted molar refractivity (Wildman–Crippen MR) is 54.2 cm³/mol. The minimum absolute atomic E-state index is 0.161. The number of H-pyrrole nitrogens is 1. The lowest BCUT2D eigenvalue weighted by Crippen LogP contribution is -2.03. The molecule has 0 spiro atoms. The standard InChI is InChI=1S/C11H9NO2/c13-10-6-2-1-4-8(10)9-5-3-7-11(14)12-9/h1-7,13H,(H,12,14). The summed E-state index contributed by atoms with van der Waals surface area (Å²) >= 11 is 0. The van der Waals surface area contributed by atoms with Gasteiger partial charge in [0.2, 0.25) is 5.56 Å². The van der Waals surface area contributed by atoms with E-state index in [-0.39, 0.29) is 11.3 Å². The van der Waals surface area contributed by atoms with Crippen LogP contribution in [0, 0.1) is 0 Å². The van der Waals surface area contributed by atoms with Crippen LogP contribution in [0.5, 0.6) is 5.75 Å². The number of rotatable bonds is 1. The van der Waals surface area contributed by atoms with Crippen LogP contribution in [0.25, 0.3) is 11.3 Å². The Bertz CT molecular complexity index is 502. The molecule has 0 aliphatic carbocycles. The van der Waals surface area contributed by atoms with Gasteiger partial charge in [-0.1, -0.05) is 18.2 Å². The maximum Gasteiger partial charge on any atom is 0.248 e. The van der Waals surface area contributed by atoms with E-state index in [1.807, 2.05) is 0 Å². The molecule has 70 valence electrons. The normalized spacial score (nSPS) is 10.0. The first-order valence-electron chi connectivity index (χ1n) is 4.25. The second-order valence-electron chi connectivity index (χ2n) is 2.95. The van der Waals surface area contributed by atoms with Crippen LogP contribution in [0.2, 0.25) is 0 Å². The van der Waals surface area contributed by atoms with Crippen LogP contribution >= 0.6 is 0 Å². The Morgan fingerprint density at radius 3 is 2.50 bits per heavy atom. The lowest BCUT2D eigenvalue weighted by atomic mass is 10.1. The molecule has 2 aromatic rings. The van der Waals surface area contributed by atoms with E-state index in [1.165, 1.54) is 6.07 Å². The third-order valence-electron chi connectivity index (χ3n) is 1.96. The summed E-state index contributed by atoms with van der Waals surface area (Å²) in [5, 5.41) is 9.53. The summed E-state index contributed by atoms with van der Waals surface area (Å²) in [6.45, 7) is 0. The van der Waals surface area contributed by atoms with E-state index in [1.54, 1.807) is 36.4 Å². The SMILES string of the molecule is O=c1cccc(-c2ccccc2O)[nH]1. The fraction of sp³-hybridized carbons (Fsp3) is 0. The number of benzene rings is 1. The fourth-order valence-electron chi connectivity index (χ4n) is 1.31. The summed E-state index contributed by atoms with van der Waals surface area (Å²) in [4.78, 5) is 13.7.